The van der Waals surface area contributed by atoms with Crippen molar-refractivity contribution in [2.75, 3.05) is 29.9 Å². The SMILES string of the molecule is O=C(NCCNc1ncccn1)C1CC(=O)N(c2ccc(F)cc2F)C1. The van der Waals surface area contributed by atoms with Crippen LogP contribution in [-0.4, -0.2) is 41.4 Å². The lowest BCUT2D eigenvalue weighted by atomic mass is 10.1. The molecule has 1 saturated heterocycles. The van der Waals surface area contributed by atoms with Crippen LogP contribution in [0.5, 0.6) is 0 Å². The monoisotopic (exact) mass is 361 g/mol. The average Bonchev–Trinajstić information content (AvgIpc) is 3.01. The summed E-state index contributed by atoms with van der Waals surface area (Å²) in [6, 6.07) is 4.69. The van der Waals surface area contributed by atoms with Crippen LogP contribution in [0.1, 0.15) is 6.42 Å². The molecular weight excluding hydrogens is 344 g/mol. The topological polar surface area (TPSA) is 87.2 Å². The Morgan fingerprint density at radius 3 is 2.73 bits per heavy atom. The molecule has 9 heteroatoms. The Morgan fingerprint density at radius 2 is 2.00 bits per heavy atom. The number of hydrogen-bond donors (Lipinski definition) is 2. The van der Waals surface area contributed by atoms with E-state index in [0.717, 1.165) is 6.07 Å². The predicted molar refractivity (Wildman–Crippen MR) is 90.3 cm³/mol. The molecule has 0 aliphatic carbocycles. The van der Waals surface area contributed by atoms with Crippen molar-refractivity contribution in [1.82, 2.24) is 15.3 Å². The second kappa shape index (κ2) is 7.85. The number of aromatic nitrogens is 2. The van der Waals surface area contributed by atoms with Crippen molar-refractivity contribution >= 4 is 23.5 Å². The molecule has 1 aliphatic rings. The molecule has 2 N–H and O–H groups in total. The molecular formula is C17H17F2N5O2. The maximum Gasteiger partial charge on any atom is 0.227 e. The number of carbonyl (C=O) groups is 2. The molecule has 26 heavy (non-hydrogen) atoms. The lowest BCUT2D eigenvalue weighted by Gasteiger charge is -2.17. The third-order valence-corrected chi connectivity index (χ3v) is 3.97. The van der Waals surface area contributed by atoms with Gasteiger partial charge in [0.1, 0.15) is 11.6 Å². The van der Waals surface area contributed by atoms with Gasteiger partial charge in [0.25, 0.3) is 0 Å². The van der Waals surface area contributed by atoms with E-state index in [-0.39, 0.29) is 30.5 Å². The van der Waals surface area contributed by atoms with Gasteiger partial charge in [-0.1, -0.05) is 0 Å². The molecule has 0 radical (unpaired) electrons. The van der Waals surface area contributed by atoms with Crippen molar-refractivity contribution < 1.29 is 18.4 Å². The van der Waals surface area contributed by atoms with E-state index in [9.17, 15) is 18.4 Å². The zero-order chi connectivity index (χ0) is 18.5. The Balaban J connectivity index is 1.50. The summed E-state index contributed by atoms with van der Waals surface area (Å²) in [5.74, 6) is -2.34. The molecule has 0 spiro atoms. The van der Waals surface area contributed by atoms with Crippen molar-refractivity contribution in [1.29, 1.82) is 0 Å². The minimum Gasteiger partial charge on any atom is -0.354 e. The lowest BCUT2D eigenvalue weighted by molar-refractivity contribution is -0.126. The molecule has 1 fully saturated rings. The zero-order valence-corrected chi connectivity index (χ0v) is 13.8. The highest BCUT2D eigenvalue weighted by molar-refractivity contribution is 6.00. The fourth-order valence-electron chi connectivity index (χ4n) is 2.71. The van der Waals surface area contributed by atoms with Crippen LogP contribution in [0.15, 0.2) is 36.7 Å². The largest absolute Gasteiger partial charge is 0.354 e. The number of carbonyl (C=O) groups excluding carboxylic acids is 2. The normalized spacial score (nSPS) is 16.6. The van der Waals surface area contributed by atoms with Gasteiger partial charge in [0.15, 0.2) is 0 Å². The maximum atomic E-state index is 13.9. The summed E-state index contributed by atoms with van der Waals surface area (Å²) in [6.07, 6.45) is 3.18. The molecule has 2 amide bonds. The van der Waals surface area contributed by atoms with Crippen LogP contribution in [0.3, 0.4) is 0 Å². The number of nitrogens with one attached hydrogen (secondary N) is 2. The van der Waals surface area contributed by atoms with E-state index in [1.807, 2.05) is 0 Å². The summed E-state index contributed by atoms with van der Waals surface area (Å²) in [5.41, 5.74) is -0.0189. The Labute approximate surface area is 148 Å². The molecule has 0 saturated carbocycles. The van der Waals surface area contributed by atoms with Crippen molar-refractivity contribution in [3.8, 4) is 0 Å². The van der Waals surface area contributed by atoms with Crippen LogP contribution in [0, 0.1) is 17.6 Å². The van der Waals surface area contributed by atoms with Crippen LogP contribution in [0.25, 0.3) is 0 Å². The van der Waals surface area contributed by atoms with Crippen LogP contribution in [0.2, 0.25) is 0 Å². The number of hydrogen-bond acceptors (Lipinski definition) is 5. The van der Waals surface area contributed by atoms with Crippen LogP contribution in [0.4, 0.5) is 20.4 Å². The first-order valence-electron chi connectivity index (χ1n) is 8.08. The first-order chi connectivity index (χ1) is 12.5. The summed E-state index contributed by atoms with van der Waals surface area (Å²) in [5, 5.41) is 5.67. The highest BCUT2D eigenvalue weighted by Crippen LogP contribution is 2.27. The van der Waals surface area contributed by atoms with Gasteiger partial charge in [-0.05, 0) is 18.2 Å². The van der Waals surface area contributed by atoms with Crippen LogP contribution < -0.4 is 15.5 Å². The summed E-state index contributed by atoms with van der Waals surface area (Å²) in [6.45, 7) is 0.807. The number of halogens is 2. The molecule has 1 aliphatic heterocycles. The molecule has 1 atom stereocenters. The molecule has 3 rings (SSSR count). The van der Waals surface area contributed by atoms with E-state index in [0.29, 0.717) is 25.1 Å². The van der Waals surface area contributed by atoms with Crippen molar-refractivity contribution in [2.45, 2.75) is 6.42 Å². The summed E-state index contributed by atoms with van der Waals surface area (Å²) in [4.78, 5) is 33.5. The van der Waals surface area contributed by atoms with Crippen molar-refractivity contribution in [3.63, 3.8) is 0 Å². The first kappa shape index (κ1) is 17.7. The molecule has 1 unspecified atom stereocenters. The summed E-state index contributed by atoms with van der Waals surface area (Å²) < 4.78 is 26.9. The predicted octanol–water partition coefficient (Wildman–Crippen LogP) is 1.34. The first-order valence-corrected chi connectivity index (χ1v) is 8.08. The molecule has 2 aromatic rings. The number of amides is 2. The second-order valence-corrected chi connectivity index (χ2v) is 5.79. The highest BCUT2D eigenvalue weighted by Gasteiger charge is 2.36. The number of benzene rings is 1. The van der Waals surface area contributed by atoms with Gasteiger partial charge in [0.05, 0.1) is 11.6 Å². The lowest BCUT2D eigenvalue weighted by Crippen LogP contribution is -2.35. The third kappa shape index (κ3) is 4.11. The Hall–Kier alpha value is -3.10. The van der Waals surface area contributed by atoms with Gasteiger partial charge in [-0.25, -0.2) is 18.7 Å². The molecule has 136 valence electrons. The van der Waals surface area contributed by atoms with E-state index >= 15 is 0 Å². The second-order valence-electron chi connectivity index (χ2n) is 5.79. The molecule has 2 heterocycles. The van der Waals surface area contributed by atoms with Gasteiger partial charge in [0.2, 0.25) is 17.8 Å². The van der Waals surface area contributed by atoms with E-state index in [1.54, 1.807) is 18.5 Å². The minimum absolute atomic E-state index is 0.0160. The zero-order valence-electron chi connectivity index (χ0n) is 13.8. The number of anilines is 2. The average molecular weight is 361 g/mol. The smallest absolute Gasteiger partial charge is 0.227 e. The summed E-state index contributed by atoms with van der Waals surface area (Å²) >= 11 is 0. The van der Waals surface area contributed by atoms with Gasteiger partial charge in [-0.2, -0.15) is 0 Å². The maximum absolute atomic E-state index is 13.9. The molecule has 0 bridgehead atoms. The third-order valence-electron chi connectivity index (χ3n) is 3.97. The van der Waals surface area contributed by atoms with Gasteiger partial charge in [0, 0.05) is 44.5 Å². The van der Waals surface area contributed by atoms with Crippen LogP contribution in [-0.2, 0) is 9.59 Å². The molecule has 1 aromatic heterocycles. The number of rotatable bonds is 6. The van der Waals surface area contributed by atoms with E-state index in [1.165, 1.54) is 11.0 Å². The standard InChI is InChI=1S/C17H17F2N5O2/c18-12-2-3-14(13(19)9-12)24-10-11(8-15(24)25)16(26)20-6-7-23-17-21-4-1-5-22-17/h1-5,9,11H,6-8,10H2,(H,20,26)(H,21,22,23). The van der Waals surface area contributed by atoms with Gasteiger partial charge in [-0.15, -0.1) is 0 Å². The van der Waals surface area contributed by atoms with Crippen molar-refractivity contribution in [2.24, 2.45) is 5.92 Å². The number of nitrogens with zero attached hydrogens (tertiary/aromatic N) is 3. The summed E-state index contributed by atoms with van der Waals surface area (Å²) in [7, 11) is 0. The van der Waals surface area contributed by atoms with Crippen LogP contribution >= 0.6 is 0 Å². The van der Waals surface area contributed by atoms with E-state index in [4.69, 9.17) is 0 Å². The fraction of sp³-hybridized carbons (Fsp3) is 0.294. The quantitative estimate of drug-likeness (QED) is 0.758. The molecule has 7 nitrogen and oxygen atoms in total. The Kier molecular flexibility index (Phi) is 5.35. The minimum atomic E-state index is -0.827. The Morgan fingerprint density at radius 1 is 1.23 bits per heavy atom. The van der Waals surface area contributed by atoms with E-state index in [2.05, 4.69) is 20.6 Å². The van der Waals surface area contributed by atoms with E-state index < -0.39 is 17.6 Å². The fourth-order valence-corrected chi connectivity index (χ4v) is 2.71. The van der Waals surface area contributed by atoms with Gasteiger partial charge in [-0.3, -0.25) is 9.59 Å². The van der Waals surface area contributed by atoms with Crippen molar-refractivity contribution in [3.05, 3.63) is 48.3 Å². The van der Waals surface area contributed by atoms with Gasteiger partial charge < -0.3 is 15.5 Å². The highest BCUT2D eigenvalue weighted by atomic mass is 19.1. The molecule has 1 aromatic carbocycles. The Bertz CT molecular complexity index is 803. The van der Waals surface area contributed by atoms with Gasteiger partial charge >= 0.3 is 0 Å².